The number of benzene rings is 1. The molecule has 8 heteroatoms. The van der Waals surface area contributed by atoms with Crippen molar-refractivity contribution in [2.75, 3.05) is 26.7 Å². The molecular weight excluding hydrogens is 442 g/mol. The number of likely N-dealkylation sites (N-methyl/N-ethyl adjacent to an activating group) is 1. The van der Waals surface area contributed by atoms with Gasteiger partial charge in [0.15, 0.2) is 0 Å². The van der Waals surface area contributed by atoms with Crippen molar-refractivity contribution in [2.45, 2.75) is 38.4 Å². The van der Waals surface area contributed by atoms with Gasteiger partial charge < -0.3 is 14.2 Å². The highest BCUT2D eigenvalue weighted by Gasteiger charge is 2.57. The van der Waals surface area contributed by atoms with Crippen LogP contribution in [-0.4, -0.2) is 68.5 Å². The molecule has 0 N–H and O–H groups in total. The highest BCUT2D eigenvalue weighted by Crippen LogP contribution is 2.38. The fourth-order valence-electron chi connectivity index (χ4n) is 5.40. The maximum absolute atomic E-state index is 13.7. The number of imide groups is 1. The number of rotatable bonds is 7. The van der Waals surface area contributed by atoms with Gasteiger partial charge in [-0.15, -0.1) is 0 Å². The predicted octanol–water partition coefficient (Wildman–Crippen LogP) is 3.70. The van der Waals surface area contributed by atoms with Crippen LogP contribution in [0.25, 0.3) is 5.69 Å². The molecule has 0 unspecified atom stereocenters. The maximum Gasteiger partial charge on any atom is 0.327 e. The van der Waals surface area contributed by atoms with Gasteiger partial charge in [0.2, 0.25) is 0 Å². The lowest BCUT2D eigenvalue weighted by Crippen LogP contribution is -2.56. The molecule has 0 radical (unpaired) electrons. The molecule has 0 aliphatic carbocycles. The normalized spacial score (nSPS) is 18.0. The number of carbonyl (C=O) groups excluding carboxylic acids is 2. The summed E-state index contributed by atoms with van der Waals surface area (Å²) in [7, 11) is 1.61. The van der Waals surface area contributed by atoms with E-state index in [1.165, 1.54) is 10.6 Å². The van der Waals surface area contributed by atoms with E-state index in [1.807, 2.05) is 61.8 Å². The number of methoxy groups -OCH3 is 1. The minimum absolute atomic E-state index is 0.0782. The molecule has 1 spiro atoms. The quantitative estimate of drug-likeness (QED) is 0.490. The Balaban J connectivity index is 1.30. The first-order valence-electron chi connectivity index (χ1n) is 12.1. The lowest BCUT2D eigenvalue weighted by molar-refractivity contribution is -0.136. The standard InChI is InChI=1S/C27H31N5O3/c1-3-32-26(34)31(19-21-7-4-10-24(17-21)35-2)25(33)27(32)11-15-29(16-12-27)20-23-9-6-14-30(23)22-8-5-13-28-18-22/h4-10,13-14,17-18H,3,11-12,15-16,19-20H2,1-2H3. The summed E-state index contributed by atoms with van der Waals surface area (Å²) in [6.07, 6.45) is 6.94. The first kappa shape index (κ1) is 23.1. The Morgan fingerprint density at radius 2 is 1.86 bits per heavy atom. The van der Waals surface area contributed by atoms with Gasteiger partial charge in [-0.25, -0.2) is 4.79 Å². The van der Waals surface area contributed by atoms with Crippen LogP contribution in [-0.2, 0) is 17.9 Å². The molecule has 0 atom stereocenters. The summed E-state index contributed by atoms with van der Waals surface area (Å²) in [5, 5.41) is 0. The summed E-state index contributed by atoms with van der Waals surface area (Å²) < 4.78 is 7.46. The summed E-state index contributed by atoms with van der Waals surface area (Å²) in [6.45, 7) is 5.01. The highest BCUT2D eigenvalue weighted by molar-refractivity contribution is 6.07. The lowest BCUT2D eigenvalue weighted by Gasteiger charge is -2.42. The van der Waals surface area contributed by atoms with E-state index in [9.17, 15) is 9.59 Å². The van der Waals surface area contributed by atoms with E-state index in [4.69, 9.17) is 4.74 Å². The van der Waals surface area contributed by atoms with Gasteiger partial charge in [-0.1, -0.05) is 12.1 Å². The molecule has 0 bridgehead atoms. The van der Waals surface area contributed by atoms with Crippen LogP contribution in [0, 0.1) is 0 Å². The van der Waals surface area contributed by atoms with E-state index in [1.54, 1.807) is 18.2 Å². The van der Waals surface area contributed by atoms with E-state index in [0.717, 1.165) is 30.9 Å². The van der Waals surface area contributed by atoms with Crippen LogP contribution < -0.4 is 4.74 Å². The number of piperidine rings is 1. The largest absolute Gasteiger partial charge is 0.497 e. The summed E-state index contributed by atoms with van der Waals surface area (Å²) in [6, 6.07) is 15.5. The maximum atomic E-state index is 13.7. The predicted molar refractivity (Wildman–Crippen MR) is 132 cm³/mol. The zero-order valence-electron chi connectivity index (χ0n) is 20.3. The molecular formula is C27H31N5O3. The van der Waals surface area contributed by atoms with Gasteiger partial charge >= 0.3 is 6.03 Å². The van der Waals surface area contributed by atoms with Gasteiger partial charge in [-0.3, -0.25) is 19.6 Å². The second kappa shape index (κ2) is 9.54. The molecule has 3 aromatic rings. The van der Waals surface area contributed by atoms with Gasteiger partial charge in [0.25, 0.3) is 5.91 Å². The summed E-state index contributed by atoms with van der Waals surface area (Å²) in [5.41, 5.74) is 2.33. The van der Waals surface area contributed by atoms with E-state index in [0.29, 0.717) is 25.1 Å². The van der Waals surface area contributed by atoms with Crippen molar-refractivity contribution in [2.24, 2.45) is 0 Å². The number of ether oxygens (including phenoxy) is 1. The third kappa shape index (κ3) is 4.18. The number of hydrogen-bond acceptors (Lipinski definition) is 5. The third-order valence-corrected chi connectivity index (χ3v) is 7.24. The minimum atomic E-state index is -0.757. The molecule has 2 aromatic heterocycles. The third-order valence-electron chi connectivity index (χ3n) is 7.24. The Morgan fingerprint density at radius 1 is 1.03 bits per heavy atom. The van der Waals surface area contributed by atoms with Gasteiger partial charge in [-0.2, -0.15) is 0 Å². The summed E-state index contributed by atoms with van der Waals surface area (Å²) in [5.74, 6) is 0.638. The van der Waals surface area contributed by atoms with Crippen molar-refractivity contribution < 1.29 is 14.3 Å². The van der Waals surface area contributed by atoms with Crippen LogP contribution in [0.2, 0.25) is 0 Å². The van der Waals surface area contributed by atoms with Crippen LogP contribution in [0.1, 0.15) is 31.0 Å². The number of nitrogens with zero attached hydrogens (tertiary/aromatic N) is 5. The van der Waals surface area contributed by atoms with Crippen LogP contribution >= 0.6 is 0 Å². The van der Waals surface area contributed by atoms with Crippen molar-refractivity contribution in [3.8, 4) is 11.4 Å². The molecule has 0 saturated carbocycles. The van der Waals surface area contributed by atoms with Gasteiger partial charge in [-0.05, 0) is 61.7 Å². The Morgan fingerprint density at radius 3 is 2.57 bits per heavy atom. The zero-order chi connectivity index (χ0) is 24.4. The number of carbonyl (C=O) groups is 2. The molecule has 5 rings (SSSR count). The average molecular weight is 474 g/mol. The Kier molecular flexibility index (Phi) is 6.30. The van der Waals surface area contributed by atoms with Crippen molar-refractivity contribution in [3.63, 3.8) is 0 Å². The zero-order valence-corrected chi connectivity index (χ0v) is 20.3. The van der Waals surface area contributed by atoms with Crippen molar-refractivity contribution in [3.05, 3.63) is 78.4 Å². The first-order chi connectivity index (χ1) is 17.1. The molecule has 182 valence electrons. The molecule has 2 fully saturated rings. The van der Waals surface area contributed by atoms with Gasteiger partial charge in [0.1, 0.15) is 11.3 Å². The number of amides is 3. The Bertz CT molecular complexity index is 1200. The minimum Gasteiger partial charge on any atom is -0.497 e. The van der Waals surface area contributed by atoms with Gasteiger partial charge in [0.05, 0.1) is 25.5 Å². The average Bonchev–Trinajstić information content (AvgIpc) is 3.43. The van der Waals surface area contributed by atoms with Crippen LogP contribution in [0.5, 0.6) is 5.75 Å². The smallest absolute Gasteiger partial charge is 0.327 e. The van der Waals surface area contributed by atoms with Crippen LogP contribution in [0.4, 0.5) is 4.79 Å². The second-order valence-corrected chi connectivity index (χ2v) is 9.16. The fraction of sp³-hybridized carbons (Fsp3) is 0.370. The van der Waals surface area contributed by atoms with E-state index >= 15 is 0 Å². The number of hydrogen-bond donors (Lipinski definition) is 0. The molecule has 2 aliphatic heterocycles. The van der Waals surface area contributed by atoms with Crippen molar-refractivity contribution >= 4 is 11.9 Å². The number of urea groups is 1. The molecule has 8 nitrogen and oxygen atoms in total. The lowest BCUT2D eigenvalue weighted by atomic mass is 9.85. The van der Waals surface area contributed by atoms with E-state index in [2.05, 4.69) is 20.5 Å². The topological polar surface area (TPSA) is 70.9 Å². The molecule has 1 aromatic carbocycles. The fourth-order valence-corrected chi connectivity index (χ4v) is 5.40. The SMILES string of the molecule is CCN1C(=O)N(Cc2cccc(OC)c2)C(=O)C12CCN(Cc1cccn1-c1cccnc1)CC2. The number of pyridine rings is 1. The first-order valence-corrected chi connectivity index (χ1v) is 12.1. The monoisotopic (exact) mass is 473 g/mol. The molecule has 35 heavy (non-hydrogen) atoms. The van der Waals surface area contributed by atoms with E-state index < -0.39 is 5.54 Å². The number of aromatic nitrogens is 2. The highest BCUT2D eigenvalue weighted by atomic mass is 16.5. The van der Waals surface area contributed by atoms with Crippen LogP contribution in [0.15, 0.2) is 67.1 Å². The Labute approximate surface area is 205 Å². The van der Waals surface area contributed by atoms with Crippen molar-refractivity contribution in [1.29, 1.82) is 0 Å². The Hall–Kier alpha value is -3.65. The summed E-state index contributed by atoms with van der Waals surface area (Å²) in [4.78, 5) is 36.8. The molecule has 3 amide bonds. The van der Waals surface area contributed by atoms with E-state index in [-0.39, 0.29) is 18.5 Å². The molecule has 2 saturated heterocycles. The van der Waals surface area contributed by atoms with Crippen LogP contribution in [0.3, 0.4) is 0 Å². The number of likely N-dealkylation sites (tertiary alicyclic amines) is 1. The molecule has 2 aliphatic rings. The molecule has 4 heterocycles. The van der Waals surface area contributed by atoms with Crippen molar-refractivity contribution in [1.82, 2.24) is 24.3 Å². The summed E-state index contributed by atoms with van der Waals surface area (Å²) >= 11 is 0. The second-order valence-electron chi connectivity index (χ2n) is 9.16. The van der Waals surface area contributed by atoms with Gasteiger partial charge in [0, 0.05) is 44.3 Å².